The van der Waals surface area contributed by atoms with E-state index in [1.54, 1.807) is 0 Å². The molecule has 79 heavy (non-hydrogen) atoms. The predicted octanol–water partition coefficient (Wildman–Crippen LogP) is 20.8. The van der Waals surface area contributed by atoms with E-state index in [9.17, 15) is 0 Å². The number of nitrogens with zero attached hydrogens (tertiary/aromatic N) is 2. The highest BCUT2D eigenvalue weighted by Gasteiger charge is 2.49. The third kappa shape index (κ3) is 7.10. The lowest BCUT2D eigenvalue weighted by atomic mass is 9.73. The molecule has 0 bridgehead atoms. The molecule has 2 heterocycles. The molecule has 0 N–H and O–H groups in total. The summed E-state index contributed by atoms with van der Waals surface area (Å²) in [5.41, 5.74) is 30.6. The monoisotopic (exact) mass is 1010 g/mol. The van der Waals surface area contributed by atoms with Crippen LogP contribution in [0.3, 0.4) is 0 Å². The van der Waals surface area contributed by atoms with E-state index >= 15 is 0 Å². The molecule has 0 saturated heterocycles. The number of benzene rings is 11. The fraction of sp³-hybridized carbons (Fsp3) is 0.0909. The van der Waals surface area contributed by atoms with Crippen LogP contribution in [0.25, 0.3) is 111 Å². The summed E-state index contributed by atoms with van der Waals surface area (Å²) in [7, 11) is 0. The first-order valence-electron chi connectivity index (χ1n) is 28.3. The van der Waals surface area contributed by atoms with Crippen LogP contribution in [0.4, 0.5) is 11.4 Å². The van der Waals surface area contributed by atoms with Crippen molar-refractivity contribution in [3.05, 3.63) is 289 Å². The molecule has 1 aromatic heterocycles. The summed E-state index contributed by atoms with van der Waals surface area (Å²) in [6.45, 7) is 0. The minimum atomic E-state index is -0.0690. The van der Waals surface area contributed by atoms with Crippen LogP contribution in [0.15, 0.2) is 273 Å². The van der Waals surface area contributed by atoms with Gasteiger partial charge in [0.2, 0.25) is 0 Å². The Morgan fingerprint density at radius 2 is 0.975 bits per heavy atom. The first-order valence-corrected chi connectivity index (χ1v) is 28.3. The number of para-hydroxylation sites is 2. The lowest BCUT2D eigenvalue weighted by Gasteiger charge is -2.34. The number of allylic oxidation sites excluding steroid dienone is 3. The van der Waals surface area contributed by atoms with Crippen molar-refractivity contribution in [1.82, 2.24) is 4.57 Å². The molecule has 1 spiro atoms. The summed E-state index contributed by atoms with van der Waals surface area (Å²) < 4.78 is 2.61. The fourth-order valence-corrected chi connectivity index (χ4v) is 14.6. The van der Waals surface area contributed by atoms with Crippen LogP contribution in [0.2, 0.25) is 0 Å². The molecular formula is C77H56N2. The fourth-order valence-electron chi connectivity index (χ4n) is 14.6. The molecule has 2 heteroatoms. The zero-order chi connectivity index (χ0) is 52.0. The molecule has 0 unspecified atom stereocenters. The van der Waals surface area contributed by atoms with Crippen LogP contribution in [-0.2, 0) is 5.41 Å². The SMILES string of the molecule is C1=CC(N(c2cc(-c3ccccc3)cc(-c3ccccc3)c2)c2cccc(-c3ccccc3)c2-c2ccccc2)=C(c2cccc(-c3cc4c5ccccc5n5c4c4c3C3(CCCC3)c3cccc(c3-4)-c3ccccc3-5)c2)CC1. The molecule has 0 atom stereocenters. The Hall–Kier alpha value is -9.50. The van der Waals surface area contributed by atoms with Crippen molar-refractivity contribution in [2.45, 2.75) is 43.9 Å². The lowest BCUT2D eigenvalue weighted by molar-refractivity contribution is 0.551. The summed E-state index contributed by atoms with van der Waals surface area (Å²) in [6, 6.07) is 95.7. The Balaban J connectivity index is 0.973. The number of aromatic nitrogens is 1. The van der Waals surface area contributed by atoms with Gasteiger partial charge in [0.05, 0.1) is 22.4 Å². The molecule has 12 aromatic rings. The van der Waals surface area contributed by atoms with E-state index in [0.29, 0.717) is 0 Å². The average Bonchev–Trinajstić information content (AvgIpc) is 3.41. The molecule has 3 aliphatic carbocycles. The molecule has 1 fully saturated rings. The molecule has 16 rings (SSSR count). The summed E-state index contributed by atoms with van der Waals surface area (Å²) in [5.74, 6) is 0. The van der Waals surface area contributed by atoms with Crippen molar-refractivity contribution in [3.8, 4) is 83.6 Å². The lowest BCUT2D eigenvalue weighted by Crippen LogP contribution is -2.21. The van der Waals surface area contributed by atoms with Crippen molar-refractivity contribution in [2.24, 2.45) is 0 Å². The maximum absolute atomic E-state index is 2.61. The van der Waals surface area contributed by atoms with Gasteiger partial charge in [0.1, 0.15) is 0 Å². The van der Waals surface area contributed by atoms with E-state index in [1.807, 2.05) is 0 Å². The highest BCUT2D eigenvalue weighted by molar-refractivity contribution is 6.20. The Morgan fingerprint density at radius 1 is 0.392 bits per heavy atom. The summed E-state index contributed by atoms with van der Waals surface area (Å²) in [5, 5.41) is 2.63. The second-order valence-corrected chi connectivity index (χ2v) is 22.1. The number of rotatable bonds is 9. The van der Waals surface area contributed by atoms with Crippen molar-refractivity contribution in [2.75, 3.05) is 4.90 Å². The van der Waals surface area contributed by atoms with E-state index in [1.165, 1.54) is 146 Å². The van der Waals surface area contributed by atoms with Gasteiger partial charge in [0.15, 0.2) is 0 Å². The van der Waals surface area contributed by atoms with Gasteiger partial charge < -0.3 is 9.47 Å². The van der Waals surface area contributed by atoms with Gasteiger partial charge in [0.25, 0.3) is 0 Å². The topological polar surface area (TPSA) is 8.17 Å². The summed E-state index contributed by atoms with van der Waals surface area (Å²) in [4.78, 5) is 2.60. The largest absolute Gasteiger partial charge is 0.310 e. The molecule has 0 amide bonds. The first-order chi connectivity index (χ1) is 39.2. The highest BCUT2D eigenvalue weighted by Crippen LogP contribution is 2.65. The van der Waals surface area contributed by atoms with Crippen molar-refractivity contribution >= 4 is 38.8 Å². The van der Waals surface area contributed by atoms with E-state index in [2.05, 4.69) is 276 Å². The molecule has 2 nitrogen and oxygen atoms in total. The van der Waals surface area contributed by atoms with E-state index in [4.69, 9.17) is 0 Å². The molecular weight excluding hydrogens is 953 g/mol. The number of anilines is 2. The van der Waals surface area contributed by atoms with Gasteiger partial charge in [0, 0.05) is 44.3 Å². The minimum Gasteiger partial charge on any atom is -0.310 e. The van der Waals surface area contributed by atoms with Crippen LogP contribution in [-0.4, -0.2) is 4.57 Å². The van der Waals surface area contributed by atoms with Gasteiger partial charge >= 0.3 is 0 Å². The van der Waals surface area contributed by atoms with E-state index < -0.39 is 0 Å². The number of hydrogen-bond donors (Lipinski definition) is 0. The molecule has 4 aliphatic rings. The van der Waals surface area contributed by atoms with Gasteiger partial charge in [-0.1, -0.05) is 225 Å². The van der Waals surface area contributed by atoms with Crippen LogP contribution in [0, 0.1) is 0 Å². The minimum absolute atomic E-state index is 0.0690. The van der Waals surface area contributed by atoms with Crippen LogP contribution >= 0.6 is 0 Å². The van der Waals surface area contributed by atoms with E-state index in [-0.39, 0.29) is 5.41 Å². The third-order valence-electron chi connectivity index (χ3n) is 17.9. The normalized spacial score (nSPS) is 14.5. The number of hydrogen-bond acceptors (Lipinski definition) is 1. The Kier molecular flexibility index (Phi) is 10.6. The molecule has 374 valence electrons. The molecule has 0 radical (unpaired) electrons. The van der Waals surface area contributed by atoms with Gasteiger partial charge in [-0.25, -0.2) is 0 Å². The highest BCUT2D eigenvalue weighted by atomic mass is 15.2. The average molecular weight is 1010 g/mol. The second-order valence-electron chi connectivity index (χ2n) is 22.1. The van der Waals surface area contributed by atoms with Crippen LogP contribution < -0.4 is 4.90 Å². The quantitative estimate of drug-likeness (QED) is 0.140. The van der Waals surface area contributed by atoms with Crippen LogP contribution in [0.1, 0.15) is 55.2 Å². The van der Waals surface area contributed by atoms with Gasteiger partial charge in [-0.3, -0.25) is 0 Å². The molecule has 11 aromatic carbocycles. The van der Waals surface area contributed by atoms with Crippen LogP contribution in [0.5, 0.6) is 0 Å². The second kappa shape index (κ2) is 18.3. The predicted molar refractivity (Wildman–Crippen MR) is 332 cm³/mol. The summed E-state index contributed by atoms with van der Waals surface area (Å²) >= 11 is 0. The Bertz CT molecular complexity index is 4400. The number of fused-ring (bicyclic) bond motifs is 8. The van der Waals surface area contributed by atoms with Gasteiger partial charge in [-0.2, -0.15) is 0 Å². The molecule has 1 aliphatic heterocycles. The molecule has 1 saturated carbocycles. The maximum atomic E-state index is 2.61. The zero-order valence-corrected chi connectivity index (χ0v) is 44.0. The maximum Gasteiger partial charge on any atom is 0.0623 e. The zero-order valence-electron chi connectivity index (χ0n) is 44.0. The van der Waals surface area contributed by atoms with Crippen molar-refractivity contribution < 1.29 is 0 Å². The third-order valence-corrected chi connectivity index (χ3v) is 17.9. The first kappa shape index (κ1) is 45.7. The van der Waals surface area contributed by atoms with Crippen molar-refractivity contribution in [1.29, 1.82) is 0 Å². The van der Waals surface area contributed by atoms with E-state index in [0.717, 1.165) is 37.1 Å². The Labute approximate surface area is 462 Å². The van der Waals surface area contributed by atoms with Crippen molar-refractivity contribution in [3.63, 3.8) is 0 Å². The Morgan fingerprint density at radius 3 is 1.72 bits per heavy atom. The van der Waals surface area contributed by atoms with Gasteiger partial charge in [-0.05, 0) is 164 Å². The standard InChI is InChI=1S/C77H56N2/c1-5-24-51(25-6-1)57-47-58(52-26-7-2-8-27-52)49-59(48-57)78(71-43-23-37-61(53-28-9-3-10-29-53)72(71)54-30-11-4-12-31-54)68-40-16-13-34-60(68)55-32-21-33-56(46-55)65-50-66-63-36-15-18-42-70(63)79-69-41-17-14-35-62(69)64-38-22-39-67-73(64)74(76(66)79)75(65)77(67)44-19-20-45-77/h1-12,14-18,21-33,35-43,46-50H,13,19-20,34,44-45H2. The van der Waals surface area contributed by atoms with Gasteiger partial charge in [-0.15, -0.1) is 0 Å². The smallest absolute Gasteiger partial charge is 0.0623 e. The summed E-state index contributed by atoms with van der Waals surface area (Å²) in [6.07, 6.45) is 11.4.